The van der Waals surface area contributed by atoms with E-state index in [2.05, 4.69) is 30.7 Å². The van der Waals surface area contributed by atoms with Crippen LogP contribution in [-0.4, -0.2) is 23.5 Å². The molecule has 2 aliphatic rings. The maximum absolute atomic E-state index is 14.3. The number of aromatic nitrogens is 1. The lowest BCUT2D eigenvalue weighted by molar-refractivity contribution is 0.0556. The van der Waals surface area contributed by atoms with Crippen molar-refractivity contribution in [2.75, 3.05) is 11.4 Å². The first-order valence-corrected chi connectivity index (χ1v) is 10.3. The Balaban J connectivity index is 1.80. The molecule has 0 saturated carbocycles. The lowest BCUT2D eigenvalue weighted by atomic mass is 9.69. The second-order valence-corrected chi connectivity index (χ2v) is 7.76. The molecule has 0 saturated heterocycles. The zero-order valence-electron chi connectivity index (χ0n) is 16.9. The van der Waals surface area contributed by atoms with Crippen LogP contribution < -0.4 is 9.64 Å². The summed E-state index contributed by atoms with van der Waals surface area (Å²) < 4.78 is 21.2. The van der Waals surface area contributed by atoms with Gasteiger partial charge in [-0.15, -0.1) is 0 Å². The topological polar surface area (TPSA) is 37.7 Å². The molecule has 29 heavy (non-hydrogen) atoms. The Morgan fingerprint density at radius 3 is 2.66 bits per heavy atom. The highest BCUT2D eigenvalue weighted by Crippen LogP contribution is 2.58. The van der Waals surface area contributed by atoms with E-state index in [-0.39, 0.29) is 5.82 Å². The second-order valence-electron chi connectivity index (χ2n) is 7.76. The second kappa shape index (κ2) is 6.28. The summed E-state index contributed by atoms with van der Waals surface area (Å²) in [6.07, 6.45) is 7.17. The number of anilines is 1. The molecule has 0 N–H and O–H groups in total. The fraction of sp³-hybridized carbons (Fsp3) is 0.333. The maximum atomic E-state index is 14.3. The number of ether oxygens (including phenoxy) is 1. The van der Waals surface area contributed by atoms with Gasteiger partial charge >= 0.3 is 0 Å². The molecule has 2 aliphatic heterocycles. The highest BCUT2D eigenvalue weighted by Gasteiger charge is 2.62. The van der Waals surface area contributed by atoms with E-state index in [1.807, 2.05) is 36.7 Å². The van der Waals surface area contributed by atoms with E-state index in [1.54, 1.807) is 12.3 Å². The number of benzene rings is 2. The van der Waals surface area contributed by atoms with Crippen LogP contribution in [0.15, 0.2) is 53.8 Å². The molecule has 0 amide bonds. The first-order valence-electron chi connectivity index (χ1n) is 10.3. The number of fused-ring (bicyclic) bond motifs is 4. The van der Waals surface area contributed by atoms with Crippen LogP contribution in [-0.2, 0) is 5.41 Å². The average molecular weight is 389 g/mol. The molecule has 0 fully saturated rings. The minimum absolute atomic E-state index is 0.217. The van der Waals surface area contributed by atoms with Crippen molar-refractivity contribution in [3.8, 4) is 5.75 Å². The van der Waals surface area contributed by atoms with Gasteiger partial charge in [0, 0.05) is 30.0 Å². The van der Waals surface area contributed by atoms with Crippen LogP contribution in [0.4, 0.5) is 15.8 Å². The van der Waals surface area contributed by atoms with Gasteiger partial charge < -0.3 is 9.64 Å². The predicted octanol–water partition coefficient (Wildman–Crippen LogP) is 5.76. The lowest BCUT2D eigenvalue weighted by Crippen LogP contribution is -2.63. The van der Waals surface area contributed by atoms with Gasteiger partial charge in [0.25, 0.3) is 0 Å². The van der Waals surface area contributed by atoms with Crippen molar-refractivity contribution in [2.24, 2.45) is 4.99 Å². The number of likely N-dealkylation sites (N-methyl/N-ethyl adjacent to an activating group) is 1. The molecule has 0 radical (unpaired) electrons. The standard InChI is InChI=1S/C24H24FN3O/c1-4-23(5-2)19-13-17(25)8-10-21(19)28(6-3)24(23)15-27-20-9-7-16-11-12-26-14-18(16)22(20)29-24/h7-15H,4-6H2,1-3H3. The van der Waals surface area contributed by atoms with Crippen molar-refractivity contribution in [2.45, 2.75) is 44.8 Å². The van der Waals surface area contributed by atoms with Crippen molar-refractivity contribution in [3.05, 3.63) is 60.2 Å². The molecule has 1 spiro atoms. The molecule has 5 heteroatoms. The van der Waals surface area contributed by atoms with E-state index in [0.29, 0.717) is 0 Å². The summed E-state index contributed by atoms with van der Waals surface area (Å²) >= 11 is 0. The fourth-order valence-corrected chi connectivity index (χ4v) is 5.32. The van der Waals surface area contributed by atoms with E-state index in [1.165, 1.54) is 6.07 Å². The van der Waals surface area contributed by atoms with Gasteiger partial charge in [-0.2, -0.15) is 0 Å². The zero-order valence-corrected chi connectivity index (χ0v) is 16.9. The monoisotopic (exact) mass is 389 g/mol. The van der Waals surface area contributed by atoms with Crippen molar-refractivity contribution in [1.82, 2.24) is 4.98 Å². The number of pyridine rings is 1. The van der Waals surface area contributed by atoms with Gasteiger partial charge in [-0.05, 0) is 61.0 Å². The first-order chi connectivity index (χ1) is 14.1. The minimum atomic E-state index is -0.807. The molecule has 5 rings (SSSR count). The smallest absolute Gasteiger partial charge is 0.229 e. The summed E-state index contributed by atoms with van der Waals surface area (Å²) in [5.41, 5.74) is 1.60. The Morgan fingerprint density at radius 1 is 1.07 bits per heavy atom. The van der Waals surface area contributed by atoms with E-state index in [0.717, 1.165) is 52.8 Å². The Hall–Kier alpha value is -2.95. The Morgan fingerprint density at radius 2 is 1.90 bits per heavy atom. The third-order valence-corrected chi connectivity index (χ3v) is 6.76. The SMILES string of the molecule is CCN1c2ccc(F)cc2C(CC)(CC)C12C=Nc1ccc3ccncc3c1O2. The van der Waals surface area contributed by atoms with E-state index in [9.17, 15) is 4.39 Å². The van der Waals surface area contributed by atoms with Crippen LogP contribution in [0.25, 0.3) is 10.8 Å². The van der Waals surface area contributed by atoms with E-state index in [4.69, 9.17) is 9.73 Å². The molecule has 2 aromatic carbocycles. The van der Waals surface area contributed by atoms with Gasteiger partial charge in [-0.25, -0.2) is 4.39 Å². The highest BCUT2D eigenvalue weighted by molar-refractivity contribution is 5.97. The molecule has 0 aliphatic carbocycles. The molecule has 3 heterocycles. The molecule has 148 valence electrons. The normalized spacial score (nSPS) is 21.3. The van der Waals surface area contributed by atoms with Crippen LogP contribution >= 0.6 is 0 Å². The van der Waals surface area contributed by atoms with Gasteiger partial charge in [0.05, 0.1) is 11.6 Å². The van der Waals surface area contributed by atoms with Gasteiger partial charge in [-0.1, -0.05) is 19.9 Å². The number of rotatable bonds is 3. The number of hydrogen-bond acceptors (Lipinski definition) is 4. The molecule has 0 bridgehead atoms. The van der Waals surface area contributed by atoms with Crippen LogP contribution in [0.3, 0.4) is 0 Å². The van der Waals surface area contributed by atoms with Crippen LogP contribution in [0.5, 0.6) is 5.75 Å². The van der Waals surface area contributed by atoms with Crippen molar-refractivity contribution < 1.29 is 9.13 Å². The summed E-state index contributed by atoms with van der Waals surface area (Å²) in [5.74, 6) is 0.530. The number of hydrogen-bond donors (Lipinski definition) is 0. The first kappa shape index (κ1) is 18.1. The third-order valence-electron chi connectivity index (χ3n) is 6.76. The molecular weight excluding hydrogens is 365 g/mol. The quantitative estimate of drug-likeness (QED) is 0.571. The van der Waals surface area contributed by atoms with Gasteiger partial charge in [0.2, 0.25) is 5.72 Å². The Labute approximate surface area is 170 Å². The molecule has 1 unspecified atom stereocenters. The lowest BCUT2D eigenvalue weighted by Gasteiger charge is -2.48. The van der Waals surface area contributed by atoms with E-state index < -0.39 is 11.1 Å². The summed E-state index contributed by atoms with van der Waals surface area (Å²) in [6.45, 7) is 7.13. The maximum Gasteiger partial charge on any atom is 0.229 e. The molecule has 1 aromatic heterocycles. The number of halogens is 1. The number of aliphatic imine (C=N–C) groups is 1. The summed E-state index contributed by atoms with van der Waals surface area (Å²) in [4.78, 5) is 11.4. The Kier molecular flexibility index (Phi) is 3.92. The number of nitrogens with zero attached hydrogens (tertiary/aromatic N) is 3. The fourth-order valence-electron chi connectivity index (χ4n) is 5.32. The van der Waals surface area contributed by atoms with Crippen LogP contribution in [0.2, 0.25) is 0 Å². The average Bonchev–Trinajstić information content (AvgIpc) is 2.97. The van der Waals surface area contributed by atoms with Crippen molar-refractivity contribution >= 4 is 28.4 Å². The minimum Gasteiger partial charge on any atom is -0.459 e. The predicted molar refractivity (Wildman–Crippen MR) is 115 cm³/mol. The highest BCUT2D eigenvalue weighted by atomic mass is 19.1. The molecule has 4 nitrogen and oxygen atoms in total. The Bertz CT molecular complexity index is 1140. The van der Waals surface area contributed by atoms with Gasteiger partial charge in [0.15, 0.2) is 5.75 Å². The summed E-state index contributed by atoms with van der Waals surface area (Å²) in [7, 11) is 0. The van der Waals surface area contributed by atoms with E-state index >= 15 is 0 Å². The van der Waals surface area contributed by atoms with Gasteiger partial charge in [-0.3, -0.25) is 9.98 Å². The van der Waals surface area contributed by atoms with Crippen molar-refractivity contribution in [1.29, 1.82) is 0 Å². The van der Waals surface area contributed by atoms with Gasteiger partial charge in [0.1, 0.15) is 11.5 Å². The van der Waals surface area contributed by atoms with Crippen LogP contribution in [0, 0.1) is 5.82 Å². The molecule has 3 aromatic rings. The zero-order chi connectivity index (χ0) is 20.2. The third kappa shape index (κ3) is 2.18. The summed E-state index contributed by atoms with van der Waals surface area (Å²) in [6, 6.07) is 11.1. The molecule has 1 atom stereocenters. The molecular formula is C24H24FN3O. The summed E-state index contributed by atoms with van der Waals surface area (Å²) in [5, 5.41) is 2.01. The largest absolute Gasteiger partial charge is 0.459 e. The van der Waals surface area contributed by atoms with Crippen LogP contribution in [0.1, 0.15) is 39.2 Å². The van der Waals surface area contributed by atoms with Crippen molar-refractivity contribution in [3.63, 3.8) is 0 Å².